The van der Waals surface area contributed by atoms with Crippen LogP contribution in [0.3, 0.4) is 0 Å². The zero-order chi connectivity index (χ0) is 16.9. The van der Waals surface area contributed by atoms with Crippen molar-refractivity contribution in [1.29, 1.82) is 0 Å². The van der Waals surface area contributed by atoms with E-state index in [1.807, 2.05) is 19.9 Å². The second-order valence-corrected chi connectivity index (χ2v) is 11.0. The molecular formula is C18H31NO3S. The molecule has 4 fully saturated rings. The Morgan fingerprint density at radius 1 is 1.13 bits per heavy atom. The van der Waals surface area contributed by atoms with Gasteiger partial charge < -0.3 is 4.74 Å². The molecule has 1 saturated heterocycles. The van der Waals surface area contributed by atoms with Crippen LogP contribution < -0.4 is 4.72 Å². The van der Waals surface area contributed by atoms with Crippen LogP contribution in [-0.2, 0) is 14.8 Å². The second kappa shape index (κ2) is 5.40. The predicted octanol–water partition coefficient (Wildman–Crippen LogP) is 4.09. The number of ether oxygens (including phenoxy) is 1. The SMILES string of the molecule is CC1(C)O/C(=C\CCC23CCC(CC2)CC3)NS(=O)(=O)C1(C)C. The van der Waals surface area contributed by atoms with Crippen molar-refractivity contribution in [2.45, 2.75) is 89.4 Å². The summed E-state index contributed by atoms with van der Waals surface area (Å²) in [6, 6.07) is 0. The third-order valence-electron chi connectivity index (χ3n) is 6.97. The van der Waals surface area contributed by atoms with E-state index in [0.717, 1.165) is 18.8 Å². The summed E-state index contributed by atoms with van der Waals surface area (Å²) >= 11 is 0. The maximum absolute atomic E-state index is 12.5. The monoisotopic (exact) mass is 341 g/mol. The molecule has 4 nitrogen and oxygen atoms in total. The predicted molar refractivity (Wildman–Crippen MR) is 92.2 cm³/mol. The van der Waals surface area contributed by atoms with E-state index >= 15 is 0 Å². The van der Waals surface area contributed by atoms with Crippen LogP contribution in [-0.4, -0.2) is 18.8 Å². The fourth-order valence-corrected chi connectivity index (χ4v) is 5.64. The number of hydrogen-bond donors (Lipinski definition) is 1. The quantitative estimate of drug-likeness (QED) is 0.841. The molecule has 0 aromatic heterocycles. The standard InChI is InChI=1S/C18H31NO3S/c1-16(2)17(3,4)23(20,21)19-15(22-16)6-5-10-18-11-7-14(8-12-18)9-13-18/h6,14,19H,5,7-13H2,1-4H3/b15-6-. The Morgan fingerprint density at radius 2 is 1.70 bits per heavy atom. The highest BCUT2D eigenvalue weighted by molar-refractivity contribution is 7.91. The van der Waals surface area contributed by atoms with Gasteiger partial charge >= 0.3 is 0 Å². The molecule has 2 bridgehead atoms. The lowest BCUT2D eigenvalue weighted by Gasteiger charge is -2.47. The minimum atomic E-state index is -3.43. The summed E-state index contributed by atoms with van der Waals surface area (Å²) in [5.74, 6) is 1.39. The zero-order valence-corrected chi connectivity index (χ0v) is 15.8. The summed E-state index contributed by atoms with van der Waals surface area (Å²) in [6.07, 6.45) is 12.2. The Kier molecular flexibility index (Phi) is 4.02. The van der Waals surface area contributed by atoms with Crippen LogP contribution in [0.15, 0.2) is 12.0 Å². The van der Waals surface area contributed by atoms with Crippen molar-refractivity contribution in [3.05, 3.63) is 12.0 Å². The van der Waals surface area contributed by atoms with Crippen LogP contribution >= 0.6 is 0 Å². The summed E-state index contributed by atoms with van der Waals surface area (Å²) in [5, 5.41) is 0. The largest absolute Gasteiger partial charge is 0.471 e. The highest BCUT2D eigenvalue weighted by atomic mass is 32.2. The van der Waals surface area contributed by atoms with E-state index in [4.69, 9.17) is 4.74 Å². The van der Waals surface area contributed by atoms with Crippen molar-refractivity contribution in [3.8, 4) is 0 Å². The van der Waals surface area contributed by atoms with Gasteiger partial charge in [0.2, 0.25) is 10.0 Å². The van der Waals surface area contributed by atoms with Gasteiger partial charge in [-0.25, -0.2) is 8.42 Å². The van der Waals surface area contributed by atoms with Crippen LogP contribution in [0.1, 0.15) is 79.1 Å². The lowest BCUT2D eigenvalue weighted by molar-refractivity contribution is -0.0106. The normalized spacial score (nSPS) is 38.8. The molecule has 5 heteroatoms. The summed E-state index contributed by atoms with van der Waals surface area (Å²) < 4.78 is 32.6. The number of allylic oxidation sites excluding steroid dienone is 1. The van der Waals surface area contributed by atoms with Crippen molar-refractivity contribution in [2.75, 3.05) is 0 Å². The molecule has 4 rings (SSSR count). The Balaban J connectivity index is 1.67. The van der Waals surface area contributed by atoms with Gasteiger partial charge in [0, 0.05) is 0 Å². The molecular weight excluding hydrogens is 310 g/mol. The molecule has 4 aliphatic rings. The van der Waals surface area contributed by atoms with Crippen molar-refractivity contribution in [1.82, 2.24) is 4.72 Å². The molecule has 1 N–H and O–H groups in total. The summed E-state index contributed by atoms with van der Waals surface area (Å²) in [6.45, 7) is 7.12. The van der Waals surface area contributed by atoms with Gasteiger partial charge in [0.1, 0.15) is 10.3 Å². The van der Waals surface area contributed by atoms with Crippen LogP contribution in [0.2, 0.25) is 0 Å². The minimum Gasteiger partial charge on any atom is -0.471 e. The molecule has 0 aromatic carbocycles. The smallest absolute Gasteiger partial charge is 0.244 e. The lowest BCUT2D eigenvalue weighted by atomic mass is 9.59. The maximum Gasteiger partial charge on any atom is 0.244 e. The Morgan fingerprint density at radius 3 is 2.22 bits per heavy atom. The highest BCUT2D eigenvalue weighted by Crippen LogP contribution is 2.52. The fraction of sp³-hybridized carbons (Fsp3) is 0.889. The molecule has 3 aliphatic carbocycles. The third kappa shape index (κ3) is 2.90. The molecule has 0 aromatic rings. The third-order valence-corrected chi connectivity index (χ3v) is 9.28. The fourth-order valence-electron chi connectivity index (χ4n) is 4.31. The number of nitrogens with one attached hydrogen (secondary N) is 1. The van der Waals surface area contributed by atoms with Gasteiger partial charge in [-0.15, -0.1) is 0 Å². The van der Waals surface area contributed by atoms with Crippen molar-refractivity contribution in [3.63, 3.8) is 0 Å². The van der Waals surface area contributed by atoms with Crippen LogP contribution in [0, 0.1) is 11.3 Å². The average molecular weight is 342 g/mol. The molecule has 1 heterocycles. The van der Waals surface area contributed by atoms with Gasteiger partial charge in [-0.05, 0) is 96.5 Å². The number of rotatable bonds is 3. The first-order valence-corrected chi connectivity index (χ1v) is 10.5. The zero-order valence-electron chi connectivity index (χ0n) is 14.9. The Hall–Kier alpha value is -0.710. The van der Waals surface area contributed by atoms with Crippen LogP contribution in [0.5, 0.6) is 0 Å². The Labute approximate surface area is 141 Å². The average Bonchev–Trinajstić information content (AvgIpc) is 2.46. The van der Waals surface area contributed by atoms with Gasteiger partial charge in [0.05, 0.1) is 0 Å². The van der Waals surface area contributed by atoms with E-state index in [-0.39, 0.29) is 0 Å². The number of hydrogen-bond acceptors (Lipinski definition) is 3. The number of sulfonamides is 1. The van der Waals surface area contributed by atoms with Crippen LogP contribution in [0.25, 0.3) is 0 Å². The maximum atomic E-state index is 12.5. The van der Waals surface area contributed by atoms with Crippen molar-refractivity contribution in [2.24, 2.45) is 11.3 Å². The van der Waals surface area contributed by atoms with Crippen LogP contribution in [0.4, 0.5) is 0 Å². The highest BCUT2D eigenvalue weighted by Gasteiger charge is 2.53. The molecule has 0 atom stereocenters. The first-order valence-electron chi connectivity index (χ1n) is 8.99. The van der Waals surface area contributed by atoms with E-state index in [9.17, 15) is 8.42 Å². The summed E-state index contributed by atoms with van der Waals surface area (Å²) in [4.78, 5) is 0. The van der Waals surface area contributed by atoms with E-state index in [1.165, 1.54) is 38.5 Å². The van der Waals surface area contributed by atoms with Crippen molar-refractivity contribution < 1.29 is 13.2 Å². The topological polar surface area (TPSA) is 55.4 Å². The van der Waals surface area contributed by atoms with Gasteiger partial charge in [-0.3, -0.25) is 4.72 Å². The summed E-state index contributed by atoms with van der Waals surface area (Å²) in [7, 11) is -3.43. The molecule has 0 spiro atoms. The van der Waals surface area contributed by atoms with E-state index in [1.54, 1.807) is 13.8 Å². The molecule has 0 unspecified atom stereocenters. The molecule has 0 amide bonds. The molecule has 3 saturated carbocycles. The molecule has 1 aliphatic heterocycles. The number of fused-ring (bicyclic) bond motifs is 3. The van der Waals surface area contributed by atoms with E-state index in [0.29, 0.717) is 11.3 Å². The van der Waals surface area contributed by atoms with Crippen molar-refractivity contribution >= 4 is 10.0 Å². The lowest BCUT2D eigenvalue weighted by Crippen LogP contribution is -2.61. The van der Waals surface area contributed by atoms with Gasteiger partial charge in [0.15, 0.2) is 5.88 Å². The van der Waals surface area contributed by atoms with Gasteiger partial charge in [-0.1, -0.05) is 0 Å². The van der Waals surface area contributed by atoms with Gasteiger partial charge in [-0.2, -0.15) is 0 Å². The van der Waals surface area contributed by atoms with E-state index in [2.05, 4.69) is 4.72 Å². The van der Waals surface area contributed by atoms with Gasteiger partial charge in [0.25, 0.3) is 0 Å². The first-order chi connectivity index (χ1) is 10.6. The first kappa shape index (κ1) is 17.1. The molecule has 23 heavy (non-hydrogen) atoms. The Bertz CT molecular complexity index is 582. The molecule has 0 radical (unpaired) electrons. The summed E-state index contributed by atoms with van der Waals surface area (Å²) in [5.41, 5.74) is -0.238. The minimum absolute atomic E-state index is 0.412. The second-order valence-electron chi connectivity index (χ2n) is 8.82. The molecule has 132 valence electrons. The van der Waals surface area contributed by atoms with E-state index < -0.39 is 20.4 Å².